The van der Waals surface area contributed by atoms with Gasteiger partial charge in [0, 0.05) is 72.5 Å². The van der Waals surface area contributed by atoms with Gasteiger partial charge in [0.2, 0.25) is 0 Å². The number of anilines is 4. The summed E-state index contributed by atoms with van der Waals surface area (Å²) >= 11 is 0. The Balaban J connectivity index is 0.00000623. The van der Waals surface area contributed by atoms with E-state index in [-0.39, 0.29) is 43.0 Å². The smallest absolute Gasteiger partial charge is 0.135 e. The molecule has 0 saturated heterocycles. The van der Waals surface area contributed by atoms with Gasteiger partial charge in [-0.05, 0) is 137 Å². The van der Waals surface area contributed by atoms with Gasteiger partial charge in [-0.25, -0.2) is 4.98 Å². The van der Waals surface area contributed by atoms with E-state index in [4.69, 9.17) is 17.9 Å². The molecule has 3 heterocycles. The van der Waals surface area contributed by atoms with Crippen molar-refractivity contribution in [3.8, 4) is 39.6 Å². The first-order valence-corrected chi connectivity index (χ1v) is 23.8. The number of fused-ring (bicyclic) bond motifs is 4. The van der Waals surface area contributed by atoms with E-state index in [2.05, 4.69) is 55.7 Å². The summed E-state index contributed by atoms with van der Waals surface area (Å²) in [4.78, 5) is 8.79. The molecule has 2 aromatic heterocycles. The summed E-state index contributed by atoms with van der Waals surface area (Å²) in [6.45, 7) is 8.46. The van der Waals surface area contributed by atoms with E-state index in [1.807, 2.05) is 108 Å². The predicted octanol–water partition coefficient (Wildman–Crippen LogP) is 16.5. The molecule has 5 aliphatic rings. The Morgan fingerprint density at radius 1 is 0.667 bits per heavy atom. The van der Waals surface area contributed by atoms with Crippen molar-refractivity contribution in [3.05, 3.63) is 199 Å². The van der Waals surface area contributed by atoms with Gasteiger partial charge in [-0.15, -0.1) is 47.6 Å². The number of ether oxygens (including phenoxy) is 1. The zero-order chi connectivity index (χ0) is 54.4. The van der Waals surface area contributed by atoms with E-state index in [1.165, 1.54) is 0 Å². The topological polar surface area (TPSA) is 33.5 Å². The van der Waals surface area contributed by atoms with Crippen LogP contribution in [0, 0.1) is 36.1 Å². The van der Waals surface area contributed by atoms with Crippen molar-refractivity contribution in [2.75, 3.05) is 9.80 Å². The quantitative estimate of drug-likeness (QED) is 0.142. The number of aromatic nitrogens is 2. The zero-order valence-corrected chi connectivity index (χ0v) is 41.2. The van der Waals surface area contributed by atoms with E-state index >= 15 is 0 Å². The Kier molecular flexibility index (Phi) is 8.33. The van der Waals surface area contributed by atoms with E-state index < -0.39 is 60.4 Å². The Bertz CT molecular complexity index is 3820. The monoisotopic (exact) mass is 1090 g/mol. The van der Waals surface area contributed by atoms with Crippen LogP contribution in [0.1, 0.15) is 91.1 Å². The van der Waals surface area contributed by atoms with Crippen LogP contribution in [0.3, 0.4) is 0 Å². The van der Waals surface area contributed by atoms with Crippen LogP contribution in [-0.4, -0.2) is 9.55 Å². The molecule has 4 aliphatic carbocycles. The fraction of sp³-hybridized carbons (Fsp3) is 0.238. The molecule has 7 aromatic carbocycles. The molecule has 0 amide bonds. The molecule has 0 spiro atoms. The van der Waals surface area contributed by atoms with Gasteiger partial charge >= 0.3 is 0 Å². The average Bonchev–Trinajstić information content (AvgIpc) is 3.91. The third-order valence-electron chi connectivity index (χ3n) is 15.1. The Morgan fingerprint density at radius 2 is 1.28 bits per heavy atom. The Labute approximate surface area is 435 Å². The molecule has 69 heavy (non-hydrogen) atoms. The van der Waals surface area contributed by atoms with Crippen molar-refractivity contribution in [3.63, 3.8) is 0 Å². The zero-order valence-electron chi connectivity index (χ0n) is 48.9. The van der Waals surface area contributed by atoms with Crippen molar-refractivity contribution in [2.45, 2.75) is 77.0 Å². The van der Waals surface area contributed by atoms with Gasteiger partial charge in [0.25, 0.3) is 0 Å². The maximum Gasteiger partial charge on any atom is 0.135 e. The number of nitrogens with zero attached hydrogens (tertiary/aromatic N) is 4. The molecule has 0 atom stereocenters. The van der Waals surface area contributed by atoms with Crippen LogP contribution in [0.25, 0.3) is 49.9 Å². The minimum atomic E-state index is -0.528. The minimum Gasteiger partial charge on any atom is -0.509 e. The van der Waals surface area contributed by atoms with Crippen LogP contribution < -0.4 is 14.5 Å². The normalized spacial score (nSPS) is 22.7. The summed E-state index contributed by atoms with van der Waals surface area (Å²) in [5, 5.41) is 2.05. The second-order valence-corrected chi connectivity index (χ2v) is 20.4. The molecule has 4 saturated carbocycles. The van der Waals surface area contributed by atoms with E-state index in [0.717, 1.165) is 83.0 Å². The summed E-state index contributed by atoms with van der Waals surface area (Å²) in [5.41, 5.74) is 6.23. The second kappa shape index (κ2) is 16.9. The Hall–Kier alpha value is -6.42. The fourth-order valence-corrected chi connectivity index (χ4v) is 12.6. The van der Waals surface area contributed by atoms with Crippen molar-refractivity contribution >= 4 is 44.6 Å². The molecular formula is C63H55N4OPt-3. The first-order chi connectivity index (χ1) is 37.3. The molecule has 4 fully saturated rings. The summed E-state index contributed by atoms with van der Waals surface area (Å²) in [7, 11) is 0. The number of hydrogen-bond donors (Lipinski definition) is 0. The van der Waals surface area contributed by atoms with Gasteiger partial charge in [-0.1, -0.05) is 117 Å². The number of para-hydroxylation sites is 3. The summed E-state index contributed by atoms with van der Waals surface area (Å²) < 4.78 is 100. The molecule has 346 valence electrons. The molecule has 5 nitrogen and oxygen atoms in total. The largest absolute Gasteiger partial charge is 0.509 e. The van der Waals surface area contributed by atoms with Gasteiger partial charge in [0.05, 0.1) is 13.7 Å². The summed E-state index contributed by atoms with van der Waals surface area (Å²) in [5.74, 6) is 3.16. The molecule has 9 aromatic rings. The third-order valence-corrected chi connectivity index (χ3v) is 15.1. The van der Waals surface area contributed by atoms with Crippen molar-refractivity contribution in [1.82, 2.24) is 9.55 Å². The van der Waals surface area contributed by atoms with Crippen LogP contribution >= 0.6 is 0 Å². The van der Waals surface area contributed by atoms with Gasteiger partial charge in [0.15, 0.2) is 0 Å². The molecule has 14 rings (SSSR count). The number of pyridine rings is 1. The maximum atomic E-state index is 9.54. The van der Waals surface area contributed by atoms with Gasteiger partial charge < -0.3 is 19.1 Å². The SMILES string of the molecule is [2H]c1c([2H])c([2H])c(-c2cc(C34CC5CC(CC(C5)C3)C4)cc(-c3c([2H])c([2H])c([2H])c([2H])c3[2H])c2N2c3ccccc3N(c3[c-]c(Oc4[c-]c5c(cc4)c4ccccc4n5-c4cc(C(C)(C)C)ccn4)ccc3)[C-]2C)c([2H])c1[2H].[Pt]. The first kappa shape index (κ1) is 34.0. The molecule has 6 heteroatoms. The minimum absolute atomic E-state index is 0. The molecule has 0 unspecified atom stereocenters. The molecule has 1 aliphatic heterocycles. The van der Waals surface area contributed by atoms with Gasteiger partial charge in [0.1, 0.15) is 5.82 Å². The first-order valence-electron chi connectivity index (χ1n) is 28.8. The molecular weight excluding hydrogens is 1020 g/mol. The van der Waals surface area contributed by atoms with Crippen LogP contribution in [0.5, 0.6) is 11.5 Å². The number of rotatable bonds is 8. The molecule has 0 N–H and O–H groups in total. The van der Waals surface area contributed by atoms with Crippen LogP contribution in [0.4, 0.5) is 22.7 Å². The van der Waals surface area contributed by atoms with Crippen LogP contribution in [-0.2, 0) is 31.9 Å². The summed E-state index contributed by atoms with van der Waals surface area (Å²) in [6, 6.07) is 36.1. The van der Waals surface area contributed by atoms with E-state index in [1.54, 1.807) is 0 Å². The average molecular weight is 1090 g/mol. The molecule has 0 radical (unpaired) electrons. The van der Waals surface area contributed by atoms with Gasteiger partial charge in [-0.2, -0.15) is 19.1 Å². The molecule has 4 bridgehead atoms. The summed E-state index contributed by atoms with van der Waals surface area (Å²) in [6.07, 6.45) is 8.65. The maximum absolute atomic E-state index is 9.54. The van der Waals surface area contributed by atoms with Crippen molar-refractivity contribution in [1.29, 1.82) is 0 Å². The van der Waals surface area contributed by atoms with Gasteiger partial charge in [-0.3, -0.25) is 0 Å². The number of benzene rings is 7. The predicted molar refractivity (Wildman–Crippen MR) is 278 cm³/mol. The second-order valence-electron chi connectivity index (χ2n) is 20.4. The third kappa shape index (κ3) is 7.42. The van der Waals surface area contributed by atoms with Crippen LogP contribution in [0.2, 0.25) is 0 Å². The standard InChI is InChI=1S/C63H55N4O.Pt/c1-41-65(49-20-15-21-50(36-49)68-51-26-27-53-52-22-11-12-23-56(52)67(59(53)37-51)60-35-47(28-29-64-60)62(2,3)4)57-24-13-14-25-58(57)66(41)61-54(45-16-7-5-8-17-45)33-48(34-55(61)46-18-9-6-10-19-46)63-38-42-30-43(39-63)32-44(31-42)40-63;/h5-29,33-35,42-44H,30-32,38-40H2,1-4H3;/q-3;/i5D,6D,7D,8D,9D,10D,16D,17D,18D,19D;. The van der Waals surface area contributed by atoms with E-state index in [0.29, 0.717) is 63.6 Å². The van der Waals surface area contributed by atoms with E-state index in [9.17, 15) is 5.48 Å². The Morgan fingerprint density at radius 3 is 1.93 bits per heavy atom. The van der Waals surface area contributed by atoms with Crippen LogP contribution in [0.15, 0.2) is 170 Å². The van der Waals surface area contributed by atoms with Crippen molar-refractivity contribution in [2.24, 2.45) is 17.8 Å². The number of hydrogen-bond acceptors (Lipinski definition) is 4. The van der Waals surface area contributed by atoms with Crippen molar-refractivity contribution < 1.29 is 39.5 Å². The fourth-order valence-electron chi connectivity index (χ4n) is 12.6.